The number of rotatable bonds is 4. The lowest BCUT2D eigenvalue weighted by atomic mass is 9.93. The van der Waals surface area contributed by atoms with Crippen LogP contribution >= 0.6 is 0 Å². The van der Waals surface area contributed by atoms with E-state index in [1.165, 1.54) is 10.9 Å². The van der Waals surface area contributed by atoms with Crippen LogP contribution in [0.25, 0.3) is 5.69 Å². The second-order valence-corrected chi connectivity index (χ2v) is 6.28. The molecular weight excluding hydrogens is 308 g/mol. The van der Waals surface area contributed by atoms with Gasteiger partial charge < -0.3 is 10.4 Å². The third kappa shape index (κ3) is 2.58. The van der Waals surface area contributed by atoms with Crippen LogP contribution in [0.2, 0.25) is 0 Å². The predicted molar refractivity (Wildman–Crippen MR) is 85.8 cm³/mol. The fourth-order valence-electron chi connectivity index (χ4n) is 3.53. The summed E-state index contributed by atoms with van der Waals surface area (Å²) in [5, 5.41) is 19.3. The van der Waals surface area contributed by atoms with Gasteiger partial charge in [0.05, 0.1) is 11.9 Å². The van der Waals surface area contributed by atoms with Gasteiger partial charge >= 0.3 is 5.97 Å². The lowest BCUT2D eigenvalue weighted by Crippen LogP contribution is -2.25. The van der Waals surface area contributed by atoms with Gasteiger partial charge in [-0.15, -0.1) is 5.10 Å². The van der Waals surface area contributed by atoms with Gasteiger partial charge in [-0.2, -0.15) is 0 Å². The monoisotopic (exact) mass is 324 g/mol. The van der Waals surface area contributed by atoms with E-state index in [1.807, 2.05) is 0 Å². The molecule has 0 spiro atoms. The smallest absolute Gasteiger partial charge is 0.358 e. The van der Waals surface area contributed by atoms with Gasteiger partial charge in [-0.05, 0) is 42.9 Å². The van der Waals surface area contributed by atoms with Crippen molar-refractivity contribution < 1.29 is 14.7 Å². The molecule has 2 aromatic rings. The minimum Gasteiger partial charge on any atom is -0.476 e. The SMILES string of the molecule is O=C(O)c1cn(-c2cccc(NC(=O)C3CC4C=CC3C4)c2)nn1. The number of aromatic nitrogens is 3. The highest BCUT2D eigenvalue weighted by atomic mass is 16.4. The molecule has 24 heavy (non-hydrogen) atoms. The van der Waals surface area contributed by atoms with Crippen LogP contribution in [0.5, 0.6) is 0 Å². The van der Waals surface area contributed by atoms with Crippen LogP contribution in [0, 0.1) is 17.8 Å². The minimum absolute atomic E-state index is 0.0358. The Morgan fingerprint density at radius 3 is 2.79 bits per heavy atom. The summed E-state index contributed by atoms with van der Waals surface area (Å²) in [6.45, 7) is 0. The number of amides is 1. The average Bonchev–Trinajstić information content (AvgIpc) is 3.31. The fraction of sp³-hybridized carbons (Fsp3) is 0.294. The maximum Gasteiger partial charge on any atom is 0.358 e. The first kappa shape index (κ1) is 14.6. The van der Waals surface area contributed by atoms with E-state index in [2.05, 4.69) is 27.8 Å². The number of carbonyl (C=O) groups is 2. The highest BCUT2D eigenvalue weighted by molar-refractivity contribution is 5.93. The van der Waals surface area contributed by atoms with Gasteiger partial charge in [-0.3, -0.25) is 4.79 Å². The molecule has 4 rings (SSSR count). The number of nitrogens with zero attached hydrogens (tertiary/aromatic N) is 3. The molecule has 1 aromatic carbocycles. The van der Waals surface area contributed by atoms with Gasteiger partial charge in [-0.25, -0.2) is 9.48 Å². The maximum absolute atomic E-state index is 12.5. The molecule has 0 saturated heterocycles. The molecule has 3 atom stereocenters. The van der Waals surface area contributed by atoms with E-state index in [-0.39, 0.29) is 17.5 Å². The number of fused-ring (bicyclic) bond motifs is 2. The Kier molecular flexibility index (Phi) is 3.41. The molecule has 122 valence electrons. The number of aromatic carboxylic acids is 1. The van der Waals surface area contributed by atoms with E-state index in [0.29, 0.717) is 23.2 Å². The Bertz CT molecular complexity index is 842. The van der Waals surface area contributed by atoms with Gasteiger partial charge in [0, 0.05) is 11.6 Å². The number of hydrogen-bond donors (Lipinski definition) is 2. The summed E-state index contributed by atoms with van der Waals surface area (Å²) in [5.74, 6) is -0.161. The number of benzene rings is 1. The van der Waals surface area contributed by atoms with Crippen molar-refractivity contribution in [3.63, 3.8) is 0 Å². The third-order valence-electron chi connectivity index (χ3n) is 4.71. The molecule has 2 bridgehead atoms. The Hall–Kier alpha value is -2.96. The highest BCUT2D eigenvalue weighted by Crippen LogP contribution is 2.43. The van der Waals surface area contributed by atoms with Crippen molar-refractivity contribution >= 4 is 17.6 Å². The summed E-state index contributed by atoms with van der Waals surface area (Å²) in [6, 6.07) is 7.12. The summed E-state index contributed by atoms with van der Waals surface area (Å²) in [5.41, 5.74) is 1.18. The molecule has 7 heteroatoms. The molecule has 1 heterocycles. The van der Waals surface area contributed by atoms with E-state index >= 15 is 0 Å². The minimum atomic E-state index is -1.13. The van der Waals surface area contributed by atoms with E-state index in [0.717, 1.165) is 12.8 Å². The van der Waals surface area contributed by atoms with Gasteiger partial charge in [0.1, 0.15) is 0 Å². The van der Waals surface area contributed by atoms with Crippen LogP contribution in [-0.2, 0) is 4.79 Å². The molecule has 1 saturated carbocycles. The Morgan fingerprint density at radius 1 is 1.25 bits per heavy atom. The molecule has 0 aliphatic heterocycles. The summed E-state index contributed by atoms with van der Waals surface area (Å²) in [7, 11) is 0. The van der Waals surface area contributed by atoms with Crippen LogP contribution in [0.4, 0.5) is 5.69 Å². The molecule has 2 N–H and O–H groups in total. The quantitative estimate of drug-likeness (QED) is 0.840. The van der Waals surface area contributed by atoms with Crippen molar-refractivity contribution in [2.45, 2.75) is 12.8 Å². The lowest BCUT2D eigenvalue weighted by Gasteiger charge is -2.17. The van der Waals surface area contributed by atoms with Crippen LogP contribution in [0.1, 0.15) is 23.3 Å². The summed E-state index contributed by atoms with van der Waals surface area (Å²) in [4.78, 5) is 23.4. The number of anilines is 1. The van der Waals surface area contributed by atoms with Crippen molar-refractivity contribution in [1.82, 2.24) is 15.0 Å². The number of nitrogens with one attached hydrogen (secondary N) is 1. The molecule has 2 aliphatic carbocycles. The highest BCUT2D eigenvalue weighted by Gasteiger charge is 2.39. The van der Waals surface area contributed by atoms with Crippen molar-refractivity contribution in [3.05, 3.63) is 48.3 Å². The van der Waals surface area contributed by atoms with E-state index in [1.54, 1.807) is 24.3 Å². The second-order valence-electron chi connectivity index (χ2n) is 6.28. The fourth-order valence-corrected chi connectivity index (χ4v) is 3.53. The molecule has 3 unspecified atom stereocenters. The van der Waals surface area contributed by atoms with Gasteiger partial charge in [-0.1, -0.05) is 23.4 Å². The summed E-state index contributed by atoms with van der Waals surface area (Å²) >= 11 is 0. The van der Waals surface area contributed by atoms with Gasteiger partial charge in [0.2, 0.25) is 5.91 Å². The lowest BCUT2D eigenvalue weighted by molar-refractivity contribution is -0.120. The number of carboxylic acids is 1. The van der Waals surface area contributed by atoms with Gasteiger partial charge in [0.15, 0.2) is 5.69 Å². The number of allylic oxidation sites excluding steroid dienone is 2. The number of carboxylic acid groups (broad SMARTS) is 1. The Labute approximate surface area is 138 Å². The number of hydrogen-bond acceptors (Lipinski definition) is 4. The summed E-state index contributed by atoms with van der Waals surface area (Å²) in [6.07, 6.45) is 7.69. The summed E-state index contributed by atoms with van der Waals surface area (Å²) < 4.78 is 1.37. The van der Waals surface area contributed by atoms with Crippen LogP contribution < -0.4 is 5.32 Å². The first-order chi connectivity index (χ1) is 11.6. The third-order valence-corrected chi connectivity index (χ3v) is 4.71. The molecule has 1 fully saturated rings. The molecule has 0 radical (unpaired) electrons. The topological polar surface area (TPSA) is 97.1 Å². The van der Waals surface area contributed by atoms with E-state index in [9.17, 15) is 9.59 Å². The van der Waals surface area contributed by atoms with Crippen molar-refractivity contribution in [2.75, 3.05) is 5.32 Å². The molecule has 2 aliphatic rings. The predicted octanol–water partition coefficient (Wildman–Crippen LogP) is 2.12. The van der Waals surface area contributed by atoms with Crippen molar-refractivity contribution in [3.8, 4) is 5.69 Å². The van der Waals surface area contributed by atoms with Crippen molar-refractivity contribution in [1.29, 1.82) is 0 Å². The number of carbonyl (C=O) groups excluding carboxylic acids is 1. The zero-order chi connectivity index (χ0) is 16.7. The van der Waals surface area contributed by atoms with Crippen LogP contribution in [0.3, 0.4) is 0 Å². The maximum atomic E-state index is 12.5. The molecule has 1 aromatic heterocycles. The van der Waals surface area contributed by atoms with E-state index < -0.39 is 5.97 Å². The zero-order valence-corrected chi connectivity index (χ0v) is 12.8. The van der Waals surface area contributed by atoms with Crippen molar-refractivity contribution in [2.24, 2.45) is 17.8 Å². The Balaban J connectivity index is 1.51. The molecule has 1 amide bonds. The first-order valence-corrected chi connectivity index (χ1v) is 7.85. The van der Waals surface area contributed by atoms with Crippen LogP contribution in [0.15, 0.2) is 42.6 Å². The normalized spacial score (nSPS) is 24.2. The van der Waals surface area contributed by atoms with E-state index in [4.69, 9.17) is 5.11 Å². The van der Waals surface area contributed by atoms with Gasteiger partial charge in [0.25, 0.3) is 0 Å². The molecule has 7 nitrogen and oxygen atoms in total. The Morgan fingerprint density at radius 2 is 2.12 bits per heavy atom. The average molecular weight is 324 g/mol. The van der Waals surface area contributed by atoms with Crippen LogP contribution in [-0.4, -0.2) is 32.0 Å². The largest absolute Gasteiger partial charge is 0.476 e. The second kappa shape index (κ2) is 5.59. The molecular formula is C17H16N4O3. The zero-order valence-electron chi connectivity index (χ0n) is 12.8. The first-order valence-electron chi connectivity index (χ1n) is 7.85. The standard InChI is InChI=1S/C17H16N4O3/c22-16(14-7-10-4-5-11(14)6-10)18-12-2-1-3-13(8-12)21-9-15(17(23)24)19-20-21/h1-5,8-11,14H,6-7H2,(H,18,22)(H,23,24).